The van der Waals surface area contributed by atoms with Crippen molar-refractivity contribution in [1.29, 1.82) is 0 Å². The fourth-order valence-corrected chi connectivity index (χ4v) is 3.30. The van der Waals surface area contributed by atoms with Gasteiger partial charge < -0.3 is 14.5 Å². The molecule has 0 radical (unpaired) electrons. The molecule has 0 aromatic heterocycles. The first-order valence-electron chi connectivity index (χ1n) is 8.65. The van der Waals surface area contributed by atoms with Crippen LogP contribution in [0.5, 0.6) is 0 Å². The van der Waals surface area contributed by atoms with E-state index in [0.29, 0.717) is 19.6 Å². The first kappa shape index (κ1) is 18.9. The van der Waals surface area contributed by atoms with E-state index in [0.717, 1.165) is 0 Å². The number of carbonyl (C=O) groups is 2. The summed E-state index contributed by atoms with van der Waals surface area (Å²) in [4.78, 5) is 28.1. The number of rotatable bonds is 1. The lowest BCUT2D eigenvalue weighted by Gasteiger charge is -2.42. The van der Waals surface area contributed by atoms with Crippen molar-refractivity contribution in [2.45, 2.75) is 70.9 Å². The van der Waals surface area contributed by atoms with Gasteiger partial charge in [0.15, 0.2) is 0 Å². The number of alkyl halides is 2. The van der Waals surface area contributed by atoms with Crippen molar-refractivity contribution in [3.63, 3.8) is 0 Å². The minimum atomic E-state index is -2.63. The van der Waals surface area contributed by atoms with Gasteiger partial charge in [0.2, 0.25) is 11.8 Å². The minimum Gasteiger partial charge on any atom is -0.444 e. The largest absolute Gasteiger partial charge is 0.444 e. The maximum absolute atomic E-state index is 13.3. The summed E-state index contributed by atoms with van der Waals surface area (Å²) in [5.41, 5.74) is -0.555. The predicted molar refractivity (Wildman–Crippen MR) is 85.9 cm³/mol. The van der Waals surface area contributed by atoms with E-state index in [2.05, 4.69) is 0 Å². The first-order chi connectivity index (χ1) is 11.0. The third kappa shape index (κ3) is 4.80. The van der Waals surface area contributed by atoms with Crippen LogP contribution in [0.4, 0.5) is 13.6 Å². The van der Waals surface area contributed by atoms with Gasteiger partial charge in [0.25, 0.3) is 0 Å². The molecule has 5 nitrogen and oxygen atoms in total. The number of hydrogen-bond donors (Lipinski definition) is 0. The number of carbonyl (C=O) groups excluding carboxylic acids is 2. The Morgan fingerprint density at radius 3 is 2.21 bits per heavy atom. The van der Waals surface area contributed by atoms with Gasteiger partial charge in [-0.25, -0.2) is 13.6 Å². The summed E-state index contributed by atoms with van der Waals surface area (Å²) >= 11 is 0. The van der Waals surface area contributed by atoms with Crippen molar-refractivity contribution in [3.05, 3.63) is 0 Å². The Kier molecular flexibility index (Phi) is 5.40. The summed E-state index contributed by atoms with van der Waals surface area (Å²) in [6, 6.07) is -0.138. The molecule has 2 amide bonds. The number of ether oxygens (including phenoxy) is 1. The Morgan fingerprint density at radius 1 is 1.12 bits per heavy atom. The van der Waals surface area contributed by atoms with Gasteiger partial charge in [-0.1, -0.05) is 0 Å². The molecular weight excluding hydrogens is 318 g/mol. The van der Waals surface area contributed by atoms with Crippen molar-refractivity contribution in [2.24, 2.45) is 5.92 Å². The van der Waals surface area contributed by atoms with Gasteiger partial charge in [-0.2, -0.15) is 0 Å². The fraction of sp³-hybridized carbons (Fsp3) is 0.882. The highest BCUT2D eigenvalue weighted by Crippen LogP contribution is 2.37. The highest BCUT2D eigenvalue weighted by molar-refractivity contribution is 5.79. The third-order valence-corrected chi connectivity index (χ3v) is 4.63. The number of hydrogen-bond acceptors (Lipinski definition) is 3. The molecule has 2 aliphatic rings. The maximum atomic E-state index is 13.3. The predicted octanol–water partition coefficient (Wildman–Crippen LogP) is 3.28. The molecule has 2 fully saturated rings. The maximum Gasteiger partial charge on any atom is 0.410 e. The van der Waals surface area contributed by atoms with E-state index in [1.807, 2.05) is 27.7 Å². The zero-order valence-corrected chi connectivity index (χ0v) is 15.0. The van der Waals surface area contributed by atoms with Crippen LogP contribution in [0, 0.1) is 5.92 Å². The average molecular weight is 346 g/mol. The van der Waals surface area contributed by atoms with Crippen molar-refractivity contribution in [1.82, 2.24) is 9.80 Å². The van der Waals surface area contributed by atoms with E-state index in [1.165, 1.54) is 0 Å². The standard InChI is InChI=1S/C17H28F2N2O3/c1-12-11-20(15(23)24-16(2,3)4)9-10-21(12)14(22)13-5-7-17(18,19)8-6-13/h12-13H,5-11H2,1-4H3/t12-/m0/s1. The van der Waals surface area contributed by atoms with Gasteiger partial charge in [-0.3, -0.25) is 4.79 Å². The van der Waals surface area contributed by atoms with E-state index in [9.17, 15) is 18.4 Å². The summed E-state index contributed by atoms with van der Waals surface area (Å²) < 4.78 is 31.9. The van der Waals surface area contributed by atoms with Crippen LogP contribution in [-0.4, -0.2) is 59.0 Å². The van der Waals surface area contributed by atoms with Crippen molar-refractivity contribution in [2.75, 3.05) is 19.6 Å². The fourth-order valence-electron chi connectivity index (χ4n) is 3.30. The Balaban J connectivity index is 1.89. The summed E-state index contributed by atoms with van der Waals surface area (Å²) in [5, 5.41) is 0. The molecule has 0 spiro atoms. The second-order valence-corrected chi connectivity index (χ2v) is 7.94. The Labute approximate surface area is 142 Å². The van der Waals surface area contributed by atoms with Gasteiger partial charge in [-0.05, 0) is 40.5 Å². The number of halogens is 2. The molecule has 1 atom stereocenters. The molecule has 0 unspecified atom stereocenters. The van der Waals surface area contributed by atoms with Gasteiger partial charge in [-0.15, -0.1) is 0 Å². The van der Waals surface area contributed by atoms with E-state index in [1.54, 1.807) is 9.80 Å². The molecule has 7 heteroatoms. The lowest BCUT2D eigenvalue weighted by molar-refractivity contribution is -0.144. The summed E-state index contributed by atoms with van der Waals surface area (Å²) in [7, 11) is 0. The topological polar surface area (TPSA) is 49.9 Å². The molecule has 1 heterocycles. The smallest absolute Gasteiger partial charge is 0.410 e. The molecule has 138 valence electrons. The molecule has 0 N–H and O–H groups in total. The second kappa shape index (κ2) is 6.84. The third-order valence-electron chi connectivity index (χ3n) is 4.63. The van der Waals surface area contributed by atoms with Crippen LogP contribution >= 0.6 is 0 Å². The first-order valence-corrected chi connectivity index (χ1v) is 8.65. The molecular formula is C17H28F2N2O3. The Bertz CT molecular complexity index is 481. The van der Waals surface area contributed by atoms with Crippen LogP contribution in [0.3, 0.4) is 0 Å². The van der Waals surface area contributed by atoms with E-state index >= 15 is 0 Å². The molecule has 0 aromatic rings. The molecule has 1 aliphatic heterocycles. The molecule has 1 saturated heterocycles. The second-order valence-electron chi connectivity index (χ2n) is 7.94. The Hall–Kier alpha value is -1.40. The highest BCUT2D eigenvalue weighted by atomic mass is 19.3. The van der Waals surface area contributed by atoms with Crippen LogP contribution in [0.15, 0.2) is 0 Å². The molecule has 24 heavy (non-hydrogen) atoms. The van der Waals surface area contributed by atoms with Gasteiger partial charge in [0.05, 0.1) is 0 Å². The van der Waals surface area contributed by atoms with Crippen LogP contribution < -0.4 is 0 Å². The van der Waals surface area contributed by atoms with Crippen LogP contribution in [0.2, 0.25) is 0 Å². The summed E-state index contributed by atoms with van der Waals surface area (Å²) in [6.45, 7) is 8.56. The normalized spacial score (nSPS) is 25.5. The van der Waals surface area contributed by atoms with Crippen molar-refractivity contribution >= 4 is 12.0 Å². The van der Waals surface area contributed by atoms with Gasteiger partial charge >= 0.3 is 6.09 Å². The summed E-state index contributed by atoms with van der Waals surface area (Å²) in [5.74, 6) is -3.00. The molecule has 2 rings (SSSR count). The highest BCUT2D eigenvalue weighted by Gasteiger charge is 2.40. The Morgan fingerprint density at radius 2 is 1.71 bits per heavy atom. The molecule has 0 aromatic carbocycles. The number of amides is 2. The quantitative estimate of drug-likeness (QED) is 0.732. The monoisotopic (exact) mass is 346 g/mol. The lowest BCUT2D eigenvalue weighted by Crippen LogP contribution is -2.57. The van der Waals surface area contributed by atoms with Crippen LogP contribution in [0.25, 0.3) is 0 Å². The molecule has 1 saturated carbocycles. The minimum absolute atomic E-state index is 0.0539. The zero-order chi connectivity index (χ0) is 18.1. The van der Waals surface area contributed by atoms with Crippen molar-refractivity contribution in [3.8, 4) is 0 Å². The SMILES string of the molecule is C[C@H]1CN(C(=O)OC(C)(C)C)CCN1C(=O)C1CCC(F)(F)CC1. The average Bonchev–Trinajstić information content (AvgIpc) is 2.44. The van der Waals surface area contributed by atoms with Gasteiger partial charge in [0.1, 0.15) is 5.60 Å². The lowest BCUT2D eigenvalue weighted by atomic mass is 9.85. The van der Waals surface area contributed by atoms with Crippen LogP contribution in [0.1, 0.15) is 53.4 Å². The van der Waals surface area contributed by atoms with Gasteiger partial charge in [0, 0.05) is 44.4 Å². The molecule has 1 aliphatic carbocycles. The van der Waals surface area contributed by atoms with E-state index < -0.39 is 11.5 Å². The molecule has 0 bridgehead atoms. The van der Waals surface area contributed by atoms with Crippen molar-refractivity contribution < 1.29 is 23.1 Å². The zero-order valence-electron chi connectivity index (χ0n) is 15.0. The summed E-state index contributed by atoms with van der Waals surface area (Å²) in [6.07, 6.45) is -0.320. The van der Waals surface area contributed by atoms with E-state index in [-0.39, 0.29) is 49.6 Å². The van der Waals surface area contributed by atoms with Crippen LogP contribution in [-0.2, 0) is 9.53 Å². The number of nitrogens with zero attached hydrogens (tertiary/aromatic N) is 2. The number of piperazine rings is 1. The van der Waals surface area contributed by atoms with E-state index in [4.69, 9.17) is 4.74 Å².